The second-order valence-electron chi connectivity index (χ2n) is 6.84. The molecule has 0 saturated carbocycles. The standard InChI is InChI=1S/C20H24N4O4/c1-26-17-11-18(27-2)22-20(21-17)24-9-10-28-16(13-24)19(25)23-8-7-14-5-3-4-6-15(14)12-23/h3-6,11,16H,7-10,12-13H2,1-2H3. The molecule has 1 aromatic heterocycles. The van der Waals surface area contributed by atoms with Crippen LogP contribution in [0.5, 0.6) is 11.8 Å². The molecule has 28 heavy (non-hydrogen) atoms. The van der Waals surface area contributed by atoms with Crippen LogP contribution in [0.3, 0.4) is 0 Å². The lowest BCUT2D eigenvalue weighted by molar-refractivity contribution is -0.145. The van der Waals surface area contributed by atoms with Crippen LogP contribution >= 0.6 is 0 Å². The number of hydrogen-bond acceptors (Lipinski definition) is 7. The molecule has 4 rings (SSSR count). The molecule has 148 valence electrons. The Hall–Kier alpha value is -2.87. The molecular formula is C20H24N4O4. The summed E-state index contributed by atoms with van der Waals surface area (Å²) in [4.78, 5) is 25.7. The maximum Gasteiger partial charge on any atom is 0.253 e. The van der Waals surface area contributed by atoms with Gasteiger partial charge in [-0.05, 0) is 17.5 Å². The summed E-state index contributed by atoms with van der Waals surface area (Å²) in [6, 6.07) is 9.89. The number of aromatic nitrogens is 2. The van der Waals surface area contributed by atoms with Crippen LogP contribution in [-0.2, 0) is 22.5 Å². The van der Waals surface area contributed by atoms with Crippen LogP contribution < -0.4 is 14.4 Å². The maximum atomic E-state index is 13.1. The normalized spacial score (nSPS) is 19.1. The second kappa shape index (κ2) is 8.02. The molecule has 0 N–H and O–H groups in total. The molecule has 0 aliphatic carbocycles. The Morgan fingerprint density at radius 1 is 1.11 bits per heavy atom. The van der Waals surface area contributed by atoms with Crippen LogP contribution in [0.25, 0.3) is 0 Å². The minimum atomic E-state index is -0.542. The molecule has 2 aliphatic rings. The number of rotatable bonds is 4. The molecule has 8 nitrogen and oxygen atoms in total. The summed E-state index contributed by atoms with van der Waals surface area (Å²) >= 11 is 0. The quantitative estimate of drug-likeness (QED) is 0.786. The molecule has 1 unspecified atom stereocenters. The molecule has 2 aromatic rings. The average molecular weight is 384 g/mol. The number of morpholine rings is 1. The molecule has 0 spiro atoms. The first-order valence-corrected chi connectivity index (χ1v) is 9.37. The predicted molar refractivity (Wildman–Crippen MR) is 103 cm³/mol. The van der Waals surface area contributed by atoms with Crippen molar-refractivity contribution in [3.05, 3.63) is 41.5 Å². The van der Waals surface area contributed by atoms with Gasteiger partial charge in [0.1, 0.15) is 0 Å². The van der Waals surface area contributed by atoms with Gasteiger partial charge in [0.05, 0.1) is 33.4 Å². The molecule has 8 heteroatoms. The van der Waals surface area contributed by atoms with Crippen LogP contribution in [0.15, 0.2) is 30.3 Å². The highest BCUT2D eigenvalue weighted by Gasteiger charge is 2.33. The lowest BCUT2D eigenvalue weighted by Gasteiger charge is -2.36. The lowest BCUT2D eigenvalue weighted by atomic mass is 9.99. The van der Waals surface area contributed by atoms with E-state index in [1.54, 1.807) is 20.3 Å². The monoisotopic (exact) mass is 384 g/mol. The van der Waals surface area contributed by atoms with E-state index >= 15 is 0 Å². The van der Waals surface area contributed by atoms with E-state index in [2.05, 4.69) is 22.1 Å². The molecule has 1 aromatic carbocycles. The molecular weight excluding hydrogens is 360 g/mol. The van der Waals surface area contributed by atoms with E-state index < -0.39 is 6.10 Å². The third-order valence-corrected chi connectivity index (χ3v) is 5.15. The van der Waals surface area contributed by atoms with Gasteiger partial charge in [0.2, 0.25) is 17.7 Å². The van der Waals surface area contributed by atoms with E-state index in [9.17, 15) is 4.79 Å². The maximum absolute atomic E-state index is 13.1. The van der Waals surface area contributed by atoms with Gasteiger partial charge in [-0.25, -0.2) is 0 Å². The first-order chi connectivity index (χ1) is 13.7. The van der Waals surface area contributed by atoms with Crippen LogP contribution in [0.4, 0.5) is 5.95 Å². The minimum absolute atomic E-state index is 0.00839. The Labute approximate surface area is 164 Å². The zero-order chi connectivity index (χ0) is 19.5. The highest BCUT2D eigenvalue weighted by molar-refractivity contribution is 5.82. The fraction of sp³-hybridized carbons (Fsp3) is 0.450. The molecule has 3 heterocycles. The van der Waals surface area contributed by atoms with Gasteiger partial charge in [-0.2, -0.15) is 9.97 Å². The van der Waals surface area contributed by atoms with E-state index in [0.29, 0.717) is 50.5 Å². The highest BCUT2D eigenvalue weighted by Crippen LogP contribution is 2.24. The fourth-order valence-electron chi connectivity index (χ4n) is 3.61. The Kier molecular flexibility index (Phi) is 5.29. The Morgan fingerprint density at radius 2 is 1.82 bits per heavy atom. The van der Waals surface area contributed by atoms with Crippen molar-refractivity contribution in [2.24, 2.45) is 0 Å². The van der Waals surface area contributed by atoms with Crippen LogP contribution in [-0.4, -0.2) is 67.3 Å². The summed E-state index contributed by atoms with van der Waals surface area (Å²) in [6.07, 6.45) is 0.328. The van der Waals surface area contributed by atoms with E-state index in [1.807, 2.05) is 21.9 Å². The zero-order valence-electron chi connectivity index (χ0n) is 16.1. The number of fused-ring (bicyclic) bond motifs is 1. The summed E-state index contributed by atoms with van der Waals surface area (Å²) in [7, 11) is 3.09. The van der Waals surface area contributed by atoms with Crippen molar-refractivity contribution >= 4 is 11.9 Å². The third-order valence-electron chi connectivity index (χ3n) is 5.15. The SMILES string of the molecule is COc1cc(OC)nc(N2CCOC(C(=O)N3CCc4ccccc4C3)C2)n1. The molecule has 0 bridgehead atoms. The van der Waals surface area contributed by atoms with Crippen molar-refractivity contribution < 1.29 is 19.0 Å². The van der Waals surface area contributed by atoms with Crippen molar-refractivity contribution in [1.29, 1.82) is 0 Å². The lowest BCUT2D eigenvalue weighted by Crippen LogP contribution is -2.52. The number of carbonyl (C=O) groups excluding carboxylic acids is 1. The first kappa shape index (κ1) is 18.5. The first-order valence-electron chi connectivity index (χ1n) is 9.37. The van der Waals surface area contributed by atoms with Gasteiger partial charge in [0.25, 0.3) is 5.91 Å². The molecule has 1 amide bonds. The van der Waals surface area contributed by atoms with E-state index in [1.165, 1.54) is 11.1 Å². The van der Waals surface area contributed by atoms with Crippen molar-refractivity contribution in [1.82, 2.24) is 14.9 Å². The van der Waals surface area contributed by atoms with Gasteiger partial charge in [-0.1, -0.05) is 24.3 Å². The van der Waals surface area contributed by atoms with Gasteiger partial charge in [0, 0.05) is 19.6 Å². The van der Waals surface area contributed by atoms with E-state index in [4.69, 9.17) is 14.2 Å². The summed E-state index contributed by atoms with van der Waals surface area (Å²) in [5, 5.41) is 0. The second-order valence-corrected chi connectivity index (χ2v) is 6.84. The van der Waals surface area contributed by atoms with Gasteiger partial charge in [-0.3, -0.25) is 4.79 Å². The number of nitrogens with zero attached hydrogens (tertiary/aromatic N) is 4. The van der Waals surface area contributed by atoms with Gasteiger partial charge >= 0.3 is 0 Å². The topological polar surface area (TPSA) is 77.0 Å². The Morgan fingerprint density at radius 3 is 2.54 bits per heavy atom. The summed E-state index contributed by atoms with van der Waals surface area (Å²) in [5.41, 5.74) is 2.52. The highest BCUT2D eigenvalue weighted by atomic mass is 16.5. The molecule has 1 fully saturated rings. The van der Waals surface area contributed by atoms with E-state index in [-0.39, 0.29) is 5.91 Å². The number of anilines is 1. The van der Waals surface area contributed by atoms with Gasteiger partial charge in [-0.15, -0.1) is 0 Å². The van der Waals surface area contributed by atoms with Crippen molar-refractivity contribution in [2.45, 2.75) is 19.1 Å². The largest absolute Gasteiger partial charge is 0.481 e. The summed E-state index contributed by atoms with van der Waals surface area (Å²) < 4.78 is 16.2. The van der Waals surface area contributed by atoms with Crippen LogP contribution in [0, 0.1) is 0 Å². The average Bonchev–Trinajstić information content (AvgIpc) is 2.77. The molecule has 0 radical (unpaired) electrons. The van der Waals surface area contributed by atoms with Crippen LogP contribution in [0.2, 0.25) is 0 Å². The Bertz CT molecular complexity index is 838. The predicted octanol–water partition coefficient (Wildman–Crippen LogP) is 1.28. The minimum Gasteiger partial charge on any atom is -0.481 e. The zero-order valence-corrected chi connectivity index (χ0v) is 16.1. The third kappa shape index (κ3) is 3.73. The Balaban J connectivity index is 1.48. The number of hydrogen-bond donors (Lipinski definition) is 0. The summed E-state index contributed by atoms with van der Waals surface area (Å²) in [6.45, 7) is 2.76. The molecule has 2 aliphatic heterocycles. The molecule has 1 atom stereocenters. The van der Waals surface area contributed by atoms with Crippen molar-refractivity contribution in [3.63, 3.8) is 0 Å². The summed E-state index contributed by atoms with van der Waals surface area (Å²) in [5.74, 6) is 1.32. The van der Waals surface area contributed by atoms with E-state index in [0.717, 1.165) is 6.42 Å². The molecule has 1 saturated heterocycles. The van der Waals surface area contributed by atoms with Crippen LogP contribution in [0.1, 0.15) is 11.1 Å². The van der Waals surface area contributed by atoms with Gasteiger partial charge in [0.15, 0.2) is 6.10 Å². The van der Waals surface area contributed by atoms with Crippen molar-refractivity contribution in [3.8, 4) is 11.8 Å². The van der Waals surface area contributed by atoms with Gasteiger partial charge < -0.3 is 24.0 Å². The number of benzene rings is 1. The smallest absolute Gasteiger partial charge is 0.253 e. The fourth-order valence-corrected chi connectivity index (χ4v) is 3.61. The number of ether oxygens (including phenoxy) is 3. The number of carbonyl (C=O) groups is 1. The number of amides is 1. The number of methoxy groups -OCH3 is 2. The van der Waals surface area contributed by atoms with Crippen molar-refractivity contribution in [2.75, 3.05) is 45.4 Å².